The van der Waals surface area contributed by atoms with Crippen molar-refractivity contribution in [2.24, 2.45) is 0 Å². The summed E-state index contributed by atoms with van der Waals surface area (Å²) in [4.78, 5) is 0. The molecule has 2 rings (SSSR count). The van der Waals surface area contributed by atoms with E-state index in [0.29, 0.717) is 18.4 Å². The summed E-state index contributed by atoms with van der Waals surface area (Å²) >= 11 is 0. The maximum Gasteiger partial charge on any atom is 0.127 e. The monoisotopic (exact) mass is 258 g/mol. The van der Waals surface area contributed by atoms with Gasteiger partial charge >= 0.3 is 0 Å². The van der Waals surface area contributed by atoms with Gasteiger partial charge in [0.25, 0.3) is 0 Å². The molecular weight excluding hydrogens is 240 g/mol. The van der Waals surface area contributed by atoms with Crippen molar-refractivity contribution >= 4 is 0 Å². The van der Waals surface area contributed by atoms with Crippen LogP contribution in [-0.4, -0.2) is 15.3 Å². The van der Waals surface area contributed by atoms with Crippen LogP contribution in [0.5, 0.6) is 17.2 Å². The molecule has 0 amide bonds. The first kappa shape index (κ1) is 13.3. The molecule has 19 heavy (non-hydrogen) atoms. The van der Waals surface area contributed by atoms with E-state index >= 15 is 0 Å². The van der Waals surface area contributed by atoms with Crippen molar-refractivity contribution in [1.29, 1.82) is 0 Å². The summed E-state index contributed by atoms with van der Waals surface area (Å²) in [5.41, 5.74) is 2.93. The molecule has 0 aliphatic carbocycles. The average Bonchev–Trinajstić information content (AvgIpc) is 2.41. The Balaban J connectivity index is 2.65. The molecule has 3 heteroatoms. The minimum atomic E-state index is 0.174. The molecule has 3 nitrogen and oxygen atoms in total. The Morgan fingerprint density at radius 2 is 1.42 bits per heavy atom. The van der Waals surface area contributed by atoms with Crippen molar-refractivity contribution in [3.63, 3.8) is 0 Å². The van der Waals surface area contributed by atoms with Crippen molar-refractivity contribution in [2.75, 3.05) is 0 Å². The molecule has 0 saturated heterocycles. The standard InChI is InChI=1S/C16H18O3/c1-3-12-13(4-2)16(19)14(9-15(12)18)10-5-7-11(17)8-6-10/h5-9,17-19H,3-4H2,1-2H3. The number of phenolic OH excluding ortho intramolecular Hbond substituents is 3. The van der Waals surface area contributed by atoms with Gasteiger partial charge in [-0.05, 0) is 36.6 Å². The predicted molar refractivity (Wildman–Crippen MR) is 75.6 cm³/mol. The maximum absolute atomic E-state index is 10.4. The Morgan fingerprint density at radius 3 is 1.95 bits per heavy atom. The smallest absolute Gasteiger partial charge is 0.127 e. The quantitative estimate of drug-likeness (QED) is 0.737. The normalized spacial score (nSPS) is 10.6. The lowest BCUT2D eigenvalue weighted by atomic mass is 9.94. The molecular formula is C16H18O3. The molecule has 0 aromatic heterocycles. The van der Waals surface area contributed by atoms with E-state index in [0.717, 1.165) is 16.7 Å². The van der Waals surface area contributed by atoms with Gasteiger partial charge in [0.15, 0.2) is 0 Å². The van der Waals surface area contributed by atoms with Crippen LogP contribution in [0.15, 0.2) is 30.3 Å². The van der Waals surface area contributed by atoms with E-state index in [9.17, 15) is 15.3 Å². The Morgan fingerprint density at radius 1 is 0.842 bits per heavy atom. The minimum Gasteiger partial charge on any atom is -0.508 e. The van der Waals surface area contributed by atoms with Crippen LogP contribution in [0.25, 0.3) is 11.1 Å². The van der Waals surface area contributed by atoms with E-state index in [1.165, 1.54) is 0 Å². The van der Waals surface area contributed by atoms with Gasteiger partial charge in [-0.15, -0.1) is 0 Å². The third-order valence-corrected chi connectivity index (χ3v) is 3.38. The third kappa shape index (κ3) is 2.36. The second kappa shape index (κ2) is 5.22. The van der Waals surface area contributed by atoms with E-state index in [1.54, 1.807) is 30.3 Å². The largest absolute Gasteiger partial charge is 0.508 e. The van der Waals surface area contributed by atoms with Crippen molar-refractivity contribution < 1.29 is 15.3 Å². The summed E-state index contributed by atoms with van der Waals surface area (Å²) in [6, 6.07) is 8.14. The Bertz CT molecular complexity index is 586. The van der Waals surface area contributed by atoms with E-state index < -0.39 is 0 Å². The molecule has 2 aromatic carbocycles. The van der Waals surface area contributed by atoms with Gasteiger partial charge in [-0.1, -0.05) is 26.0 Å². The molecule has 0 radical (unpaired) electrons. The molecule has 0 atom stereocenters. The molecule has 0 heterocycles. The highest BCUT2D eigenvalue weighted by Crippen LogP contribution is 2.40. The van der Waals surface area contributed by atoms with Gasteiger partial charge in [0, 0.05) is 16.7 Å². The van der Waals surface area contributed by atoms with Crippen molar-refractivity contribution in [1.82, 2.24) is 0 Å². The van der Waals surface area contributed by atoms with Crippen LogP contribution in [0, 0.1) is 0 Å². The predicted octanol–water partition coefficient (Wildman–Crippen LogP) is 3.60. The first-order valence-electron chi connectivity index (χ1n) is 6.44. The SMILES string of the molecule is CCc1c(O)cc(-c2ccc(O)cc2)c(O)c1CC. The molecule has 0 fully saturated rings. The minimum absolute atomic E-state index is 0.174. The second-order valence-corrected chi connectivity index (χ2v) is 4.50. The third-order valence-electron chi connectivity index (χ3n) is 3.38. The molecule has 0 aliphatic heterocycles. The van der Waals surface area contributed by atoms with Gasteiger partial charge in [-0.3, -0.25) is 0 Å². The van der Waals surface area contributed by atoms with Gasteiger partial charge in [0.2, 0.25) is 0 Å². The zero-order chi connectivity index (χ0) is 14.0. The number of hydrogen-bond donors (Lipinski definition) is 3. The average molecular weight is 258 g/mol. The number of benzene rings is 2. The Hall–Kier alpha value is -2.16. The summed E-state index contributed by atoms with van der Waals surface area (Å²) in [5.74, 6) is 0.594. The van der Waals surface area contributed by atoms with Crippen LogP contribution >= 0.6 is 0 Å². The first-order valence-corrected chi connectivity index (χ1v) is 6.44. The lowest BCUT2D eigenvalue weighted by molar-refractivity contribution is 0.450. The highest BCUT2D eigenvalue weighted by atomic mass is 16.3. The van der Waals surface area contributed by atoms with Crippen molar-refractivity contribution in [2.45, 2.75) is 26.7 Å². The number of hydrogen-bond acceptors (Lipinski definition) is 3. The second-order valence-electron chi connectivity index (χ2n) is 4.50. The molecule has 0 saturated carbocycles. The lowest BCUT2D eigenvalue weighted by Gasteiger charge is -2.15. The van der Waals surface area contributed by atoms with Crippen LogP contribution < -0.4 is 0 Å². The molecule has 0 spiro atoms. The van der Waals surface area contributed by atoms with E-state index in [2.05, 4.69) is 0 Å². The summed E-state index contributed by atoms with van der Waals surface area (Å²) in [6.07, 6.45) is 1.34. The molecule has 0 aliphatic rings. The number of rotatable bonds is 3. The summed E-state index contributed by atoms with van der Waals surface area (Å²) < 4.78 is 0. The van der Waals surface area contributed by atoms with Gasteiger partial charge in [0.1, 0.15) is 17.2 Å². The maximum atomic E-state index is 10.4. The summed E-state index contributed by atoms with van der Waals surface area (Å²) in [5, 5.41) is 29.8. The number of phenols is 3. The van der Waals surface area contributed by atoms with E-state index in [1.807, 2.05) is 13.8 Å². The van der Waals surface area contributed by atoms with Crippen LogP contribution in [0.3, 0.4) is 0 Å². The fraction of sp³-hybridized carbons (Fsp3) is 0.250. The molecule has 0 unspecified atom stereocenters. The summed E-state index contributed by atoms with van der Waals surface area (Å²) in [6.45, 7) is 3.90. The zero-order valence-electron chi connectivity index (χ0n) is 11.1. The van der Waals surface area contributed by atoms with Crippen LogP contribution in [0.1, 0.15) is 25.0 Å². The Labute approximate surface area is 112 Å². The number of aromatic hydroxyl groups is 3. The van der Waals surface area contributed by atoms with Gasteiger partial charge < -0.3 is 15.3 Å². The summed E-state index contributed by atoms with van der Waals surface area (Å²) in [7, 11) is 0. The highest BCUT2D eigenvalue weighted by Gasteiger charge is 2.16. The molecule has 100 valence electrons. The Kier molecular flexibility index (Phi) is 3.65. The van der Waals surface area contributed by atoms with Gasteiger partial charge in [-0.2, -0.15) is 0 Å². The fourth-order valence-corrected chi connectivity index (χ4v) is 2.39. The fourth-order valence-electron chi connectivity index (χ4n) is 2.39. The van der Waals surface area contributed by atoms with E-state index in [-0.39, 0.29) is 17.2 Å². The molecule has 2 aromatic rings. The van der Waals surface area contributed by atoms with Gasteiger partial charge in [-0.25, -0.2) is 0 Å². The lowest BCUT2D eigenvalue weighted by Crippen LogP contribution is -1.95. The first-order chi connectivity index (χ1) is 9.08. The topological polar surface area (TPSA) is 60.7 Å². The van der Waals surface area contributed by atoms with Crippen LogP contribution in [0.2, 0.25) is 0 Å². The van der Waals surface area contributed by atoms with Crippen molar-refractivity contribution in [3.05, 3.63) is 41.5 Å². The zero-order valence-corrected chi connectivity index (χ0v) is 11.1. The van der Waals surface area contributed by atoms with Crippen LogP contribution in [0.4, 0.5) is 0 Å². The van der Waals surface area contributed by atoms with E-state index in [4.69, 9.17) is 0 Å². The molecule has 0 bridgehead atoms. The molecule has 3 N–H and O–H groups in total. The van der Waals surface area contributed by atoms with Crippen molar-refractivity contribution in [3.8, 4) is 28.4 Å². The van der Waals surface area contributed by atoms with Gasteiger partial charge in [0.05, 0.1) is 0 Å². The van der Waals surface area contributed by atoms with Crippen LogP contribution in [-0.2, 0) is 12.8 Å². The highest BCUT2D eigenvalue weighted by molar-refractivity contribution is 5.75.